The van der Waals surface area contributed by atoms with E-state index in [1.54, 1.807) is 0 Å². The van der Waals surface area contributed by atoms with Crippen LogP contribution < -0.4 is 5.32 Å². The molecule has 2 N–H and O–H groups in total. The third-order valence-corrected chi connectivity index (χ3v) is 3.40. The zero-order chi connectivity index (χ0) is 12.3. The largest absolute Gasteiger partial charge is 0.481 e. The van der Waals surface area contributed by atoms with Crippen LogP contribution in [0, 0.1) is 5.92 Å². The van der Waals surface area contributed by atoms with Gasteiger partial charge in [0.15, 0.2) is 0 Å². The van der Waals surface area contributed by atoms with Gasteiger partial charge in [0, 0.05) is 12.6 Å². The molecule has 0 radical (unpaired) electrons. The molecule has 0 aliphatic heterocycles. The summed E-state index contributed by atoms with van der Waals surface area (Å²) >= 11 is 0. The maximum absolute atomic E-state index is 10.8. The van der Waals surface area contributed by atoms with E-state index in [4.69, 9.17) is 5.11 Å². The van der Waals surface area contributed by atoms with Gasteiger partial charge in [-0.05, 0) is 36.8 Å². The predicted molar refractivity (Wildman–Crippen MR) is 66.8 cm³/mol. The summed E-state index contributed by atoms with van der Waals surface area (Å²) in [7, 11) is 0. The number of carbonyl (C=O) groups is 1. The van der Waals surface area contributed by atoms with Crippen LogP contribution in [-0.4, -0.2) is 17.1 Å². The smallest absolute Gasteiger partial charge is 0.307 e. The first-order chi connectivity index (χ1) is 8.16. The first kappa shape index (κ1) is 12.1. The van der Waals surface area contributed by atoms with Crippen molar-refractivity contribution in [1.82, 2.24) is 5.32 Å². The molecule has 1 aromatic carbocycles. The minimum absolute atomic E-state index is 0.107. The van der Waals surface area contributed by atoms with Gasteiger partial charge in [-0.25, -0.2) is 0 Å². The second-order valence-corrected chi connectivity index (χ2v) is 4.85. The fraction of sp³-hybridized carbons (Fsp3) is 0.500. The van der Waals surface area contributed by atoms with E-state index in [2.05, 4.69) is 12.2 Å². The van der Waals surface area contributed by atoms with Crippen molar-refractivity contribution in [2.75, 3.05) is 0 Å². The number of hydrogen-bond donors (Lipinski definition) is 2. The Morgan fingerprint density at radius 2 is 2.06 bits per heavy atom. The lowest BCUT2D eigenvalue weighted by molar-refractivity contribution is -0.136. The van der Waals surface area contributed by atoms with Gasteiger partial charge in [0.2, 0.25) is 0 Å². The van der Waals surface area contributed by atoms with Crippen LogP contribution in [0.3, 0.4) is 0 Å². The number of benzene rings is 1. The molecule has 17 heavy (non-hydrogen) atoms. The molecule has 92 valence electrons. The third kappa shape index (κ3) is 3.56. The van der Waals surface area contributed by atoms with Gasteiger partial charge in [0.05, 0.1) is 6.42 Å². The van der Waals surface area contributed by atoms with E-state index >= 15 is 0 Å². The van der Waals surface area contributed by atoms with Gasteiger partial charge in [-0.1, -0.05) is 24.3 Å². The zero-order valence-corrected chi connectivity index (χ0v) is 10.1. The molecule has 0 amide bonds. The van der Waals surface area contributed by atoms with Crippen LogP contribution in [0.1, 0.15) is 30.9 Å². The van der Waals surface area contributed by atoms with Gasteiger partial charge in [-0.2, -0.15) is 0 Å². The van der Waals surface area contributed by atoms with Gasteiger partial charge in [0.1, 0.15) is 0 Å². The van der Waals surface area contributed by atoms with Crippen LogP contribution in [0.15, 0.2) is 24.3 Å². The zero-order valence-electron chi connectivity index (χ0n) is 10.1. The first-order valence-electron chi connectivity index (χ1n) is 6.19. The minimum atomic E-state index is -0.771. The van der Waals surface area contributed by atoms with Crippen LogP contribution in [-0.2, 0) is 17.8 Å². The van der Waals surface area contributed by atoms with Gasteiger partial charge < -0.3 is 10.4 Å². The summed E-state index contributed by atoms with van der Waals surface area (Å²) < 4.78 is 0. The van der Waals surface area contributed by atoms with Gasteiger partial charge in [-0.3, -0.25) is 4.79 Å². The summed E-state index contributed by atoms with van der Waals surface area (Å²) in [5, 5.41) is 12.3. The maximum Gasteiger partial charge on any atom is 0.307 e. The Bertz CT molecular complexity index is 399. The molecule has 0 heterocycles. The standard InChI is InChI=1S/C14H19NO2/c1-10(11-6-7-11)15-9-13-5-3-2-4-12(13)8-14(16)17/h2-5,10-11,15H,6-9H2,1H3,(H,16,17). The summed E-state index contributed by atoms with van der Waals surface area (Å²) in [6.45, 7) is 2.97. The number of carboxylic acids is 1. The van der Waals surface area contributed by atoms with Crippen molar-refractivity contribution in [2.45, 2.75) is 38.8 Å². The summed E-state index contributed by atoms with van der Waals surface area (Å²) in [6, 6.07) is 8.29. The Balaban J connectivity index is 1.96. The molecule has 1 unspecified atom stereocenters. The molecule has 1 aromatic rings. The SMILES string of the molecule is CC(NCc1ccccc1CC(=O)O)C1CC1. The van der Waals surface area contributed by atoms with Crippen molar-refractivity contribution in [2.24, 2.45) is 5.92 Å². The Labute approximate surface area is 102 Å². The fourth-order valence-corrected chi connectivity index (χ4v) is 2.10. The third-order valence-electron chi connectivity index (χ3n) is 3.40. The lowest BCUT2D eigenvalue weighted by Gasteiger charge is -2.14. The highest BCUT2D eigenvalue weighted by Crippen LogP contribution is 2.32. The van der Waals surface area contributed by atoms with Crippen LogP contribution in [0.4, 0.5) is 0 Å². The highest BCUT2D eigenvalue weighted by molar-refractivity contribution is 5.70. The lowest BCUT2D eigenvalue weighted by atomic mass is 10.0. The van der Waals surface area contributed by atoms with E-state index in [0.29, 0.717) is 6.04 Å². The average Bonchev–Trinajstić information content (AvgIpc) is 3.10. The van der Waals surface area contributed by atoms with Crippen LogP contribution in [0.5, 0.6) is 0 Å². The molecule has 3 nitrogen and oxygen atoms in total. The molecule has 0 saturated heterocycles. The van der Waals surface area contributed by atoms with Crippen molar-refractivity contribution >= 4 is 5.97 Å². The molecule has 3 heteroatoms. The molecule has 0 bridgehead atoms. The summed E-state index contributed by atoms with van der Waals surface area (Å²) in [5.41, 5.74) is 2.01. The van der Waals surface area contributed by atoms with Crippen LogP contribution in [0.25, 0.3) is 0 Å². The van der Waals surface area contributed by atoms with E-state index in [-0.39, 0.29) is 6.42 Å². The number of rotatable bonds is 6. The van der Waals surface area contributed by atoms with Crippen molar-refractivity contribution in [3.8, 4) is 0 Å². The number of aliphatic carboxylic acids is 1. The van der Waals surface area contributed by atoms with Gasteiger partial charge in [0.25, 0.3) is 0 Å². The molecule has 1 aliphatic carbocycles. The molecule has 0 aromatic heterocycles. The summed E-state index contributed by atoms with van der Waals surface area (Å²) in [5.74, 6) is 0.0503. The number of carboxylic acid groups (broad SMARTS) is 1. The monoisotopic (exact) mass is 233 g/mol. The highest BCUT2D eigenvalue weighted by Gasteiger charge is 2.27. The quantitative estimate of drug-likeness (QED) is 0.792. The van der Waals surface area contributed by atoms with Crippen molar-refractivity contribution in [3.63, 3.8) is 0 Å². The van der Waals surface area contributed by atoms with Crippen LogP contribution >= 0.6 is 0 Å². The normalized spacial score (nSPS) is 16.8. The van der Waals surface area contributed by atoms with Gasteiger partial charge in [-0.15, -0.1) is 0 Å². The molecular formula is C14H19NO2. The van der Waals surface area contributed by atoms with Crippen molar-refractivity contribution in [3.05, 3.63) is 35.4 Å². The van der Waals surface area contributed by atoms with E-state index in [1.807, 2.05) is 24.3 Å². The molecule has 1 aliphatic rings. The lowest BCUT2D eigenvalue weighted by Crippen LogP contribution is -2.27. The Morgan fingerprint density at radius 1 is 1.41 bits per heavy atom. The summed E-state index contributed by atoms with van der Waals surface area (Å²) in [6.07, 6.45) is 2.76. The molecule has 2 rings (SSSR count). The van der Waals surface area contributed by atoms with E-state index in [1.165, 1.54) is 12.8 Å². The number of nitrogens with one attached hydrogen (secondary N) is 1. The topological polar surface area (TPSA) is 49.3 Å². The average molecular weight is 233 g/mol. The van der Waals surface area contributed by atoms with Crippen molar-refractivity contribution < 1.29 is 9.90 Å². The highest BCUT2D eigenvalue weighted by atomic mass is 16.4. The van der Waals surface area contributed by atoms with E-state index < -0.39 is 5.97 Å². The molecule has 1 saturated carbocycles. The second kappa shape index (κ2) is 5.32. The summed E-state index contributed by atoms with van der Waals surface area (Å²) in [4.78, 5) is 10.8. The Kier molecular flexibility index (Phi) is 3.79. The fourth-order valence-electron chi connectivity index (χ4n) is 2.10. The molecule has 1 atom stereocenters. The van der Waals surface area contributed by atoms with Gasteiger partial charge >= 0.3 is 5.97 Å². The van der Waals surface area contributed by atoms with Crippen molar-refractivity contribution in [1.29, 1.82) is 0 Å². The Morgan fingerprint density at radius 3 is 2.65 bits per heavy atom. The first-order valence-corrected chi connectivity index (χ1v) is 6.19. The second-order valence-electron chi connectivity index (χ2n) is 4.85. The molecular weight excluding hydrogens is 214 g/mol. The maximum atomic E-state index is 10.8. The van der Waals surface area contributed by atoms with E-state index in [9.17, 15) is 4.79 Å². The number of hydrogen-bond acceptors (Lipinski definition) is 2. The minimum Gasteiger partial charge on any atom is -0.481 e. The molecule has 1 fully saturated rings. The predicted octanol–water partition coefficient (Wildman–Crippen LogP) is 2.20. The van der Waals surface area contributed by atoms with Crippen LogP contribution in [0.2, 0.25) is 0 Å². The Hall–Kier alpha value is -1.35. The van der Waals surface area contributed by atoms with E-state index in [0.717, 1.165) is 23.6 Å². The molecule has 0 spiro atoms.